The van der Waals surface area contributed by atoms with E-state index in [2.05, 4.69) is 15.2 Å². The molecular formula is C15H21N3O. The number of nitrogens with zero attached hydrogens (tertiary/aromatic N) is 2. The monoisotopic (exact) mass is 259 g/mol. The van der Waals surface area contributed by atoms with Crippen LogP contribution in [0.1, 0.15) is 41.6 Å². The zero-order chi connectivity index (χ0) is 13.2. The number of amides is 1. The Hall–Kier alpha value is -1.42. The van der Waals surface area contributed by atoms with E-state index in [1.807, 2.05) is 13.0 Å². The van der Waals surface area contributed by atoms with Gasteiger partial charge in [-0.15, -0.1) is 0 Å². The van der Waals surface area contributed by atoms with E-state index < -0.39 is 0 Å². The van der Waals surface area contributed by atoms with Crippen molar-refractivity contribution in [2.24, 2.45) is 0 Å². The second-order valence-corrected chi connectivity index (χ2v) is 5.66. The summed E-state index contributed by atoms with van der Waals surface area (Å²) < 4.78 is 0. The predicted octanol–water partition coefficient (Wildman–Crippen LogP) is 1.75. The van der Waals surface area contributed by atoms with E-state index in [0.29, 0.717) is 12.1 Å². The highest BCUT2D eigenvalue weighted by Crippen LogP contribution is 2.26. The maximum absolute atomic E-state index is 12.6. The molecule has 0 saturated carbocycles. The number of pyridine rings is 1. The van der Waals surface area contributed by atoms with Gasteiger partial charge in [-0.1, -0.05) is 0 Å². The summed E-state index contributed by atoms with van der Waals surface area (Å²) in [5, 5.41) is 3.54. The lowest BCUT2D eigenvalue weighted by atomic mass is 10.0. The zero-order valence-electron chi connectivity index (χ0n) is 11.4. The van der Waals surface area contributed by atoms with Crippen molar-refractivity contribution >= 4 is 5.91 Å². The number of aryl methyl sites for hydroxylation is 1. The molecular weight excluding hydrogens is 238 g/mol. The molecule has 1 amide bonds. The molecule has 2 aliphatic heterocycles. The van der Waals surface area contributed by atoms with E-state index in [1.165, 1.54) is 12.8 Å². The Morgan fingerprint density at radius 3 is 3.00 bits per heavy atom. The van der Waals surface area contributed by atoms with Gasteiger partial charge >= 0.3 is 0 Å². The number of nitrogens with one attached hydrogen (secondary N) is 1. The van der Waals surface area contributed by atoms with Crippen LogP contribution in [0.25, 0.3) is 0 Å². The molecule has 3 heterocycles. The first kappa shape index (κ1) is 12.6. The second kappa shape index (κ2) is 5.29. The van der Waals surface area contributed by atoms with Crippen LogP contribution in [0.15, 0.2) is 18.5 Å². The summed E-state index contributed by atoms with van der Waals surface area (Å²) in [5.74, 6) is 0.146. The van der Waals surface area contributed by atoms with E-state index in [0.717, 1.165) is 37.1 Å². The second-order valence-electron chi connectivity index (χ2n) is 5.66. The third kappa shape index (κ3) is 2.50. The summed E-state index contributed by atoms with van der Waals surface area (Å²) in [6.45, 7) is 3.95. The topological polar surface area (TPSA) is 45.2 Å². The standard InChI is InChI=1S/C15H21N3O/c1-11-8-12(10-16-9-11)15(19)18-7-3-5-14(18)13-4-2-6-17-13/h8-10,13-14,17H,2-7H2,1H3. The Kier molecular flexibility index (Phi) is 3.51. The molecule has 4 heteroatoms. The molecule has 1 aromatic rings. The SMILES string of the molecule is Cc1cncc(C(=O)N2CCCC2C2CCCN2)c1. The van der Waals surface area contributed by atoms with Crippen LogP contribution < -0.4 is 5.32 Å². The van der Waals surface area contributed by atoms with Gasteiger partial charge in [-0.05, 0) is 50.8 Å². The molecule has 2 saturated heterocycles. The highest BCUT2D eigenvalue weighted by Gasteiger charge is 2.36. The van der Waals surface area contributed by atoms with Gasteiger partial charge < -0.3 is 10.2 Å². The quantitative estimate of drug-likeness (QED) is 0.880. The van der Waals surface area contributed by atoms with Crippen molar-refractivity contribution < 1.29 is 4.79 Å². The molecule has 102 valence electrons. The first-order chi connectivity index (χ1) is 9.25. The first-order valence-electron chi connectivity index (χ1n) is 7.22. The Morgan fingerprint density at radius 1 is 1.37 bits per heavy atom. The molecule has 19 heavy (non-hydrogen) atoms. The maximum Gasteiger partial charge on any atom is 0.255 e. The van der Waals surface area contributed by atoms with Gasteiger partial charge in [-0.3, -0.25) is 9.78 Å². The van der Waals surface area contributed by atoms with Crippen LogP contribution in [0.3, 0.4) is 0 Å². The predicted molar refractivity (Wildman–Crippen MR) is 74.1 cm³/mol. The Morgan fingerprint density at radius 2 is 2.26 bits per heavy atom. The number of aromatic nitrogens is 1. The van der Waals surface area contributed by atoms with Gasteiger partial charge in [0.05, 0.1) is 5.56 Å². The van der Waals surface area contributed by atoms with Gasteiger partial charge in [0.15, 0.2) is 0 Å². The largest absolute Gasteiger partial charge is 0.334 e. The van der Waals surface area contributed by atoms with Crippen LogP contribution in [-0.4, -0.2) is 41.0 Å². The highest BCUT2D eigenvalue weighted by atomic mass is 16.2. The van der Waals surface area contributed by atoms with E-state index in [-0.39, 0.29) is 5.91 Å². The fraction of sp³-hybridized carbons (Fsp3) is 0.600. The molecule has 2 aliphatic rings. The molecule has 0 bridgehead atoms. The number of hydrogen-bond acceptors (Lipinski definition) is 3. The molecule has 2 atom stereocenters. The summed E-state index contributed by atoms with van der Waals surface area (Å²) in [4.78, 5) is 18.8. The number of hydrogen-bond donors (Lipinski definition) is 1. The number of likely N-dealkylation sites (tertiary alicyclic amines) is 1. The minimum atomic E-state index is 0.146. The molecule has 0 aromatic carbocycles. The van der Waals surface area contributed by atoms with Gasteiger partial charge in [0.1, 0.15) is 0 Å². The molecule has 0 spiro atoms. The highest BCUT2D eigenvalue weighted by molar-refractivity contribution is 5.94. The number of rotatable bonds is 2. The van der Waals surface area contributed by atoms with E-state index in [9.17, 15) is 4.79 Å². The van der Waals surface area contributed by atoms with Gasteiger partial charge in [-0.2, -0.15) is 0 Å². The van der Waals surface area contributed by atoms with Crippen LogP contribution >= 0.6 is 0 Å². The van der Waals surface area contributed by atoms with E-state index in [4.69, 9.17) is 0 Å². The lowest BCUT2D eigenvalue weighted by Gasteiger charge is -2.29. The molecule has 0 radical (unpaired) electrons. The van der Waals surface area contributed by atoms with Crippen molar-refractivity contribution in [2.75, 3.05) is 13.1 Å². The van der Waals surface area contributed by atoms with Crippen LogP contribution in [0, 0.1) is 6.92 Å². The fourth-order valence-corrected chi connectivity index (χ4v) is 3.34. The summed E-state index contributed by atoms with van der Waals surface area (Å²) in [5.41, 5.74) is 1.77. The van der Waals surface area contributed by atoms with Gasteiger partial charge in [0, 0.05) is 31.0 Å². The molecule has 1 aromatic heterocycles. The molecule has 3 rings (SSSR count). The van der Waals surface area contributed by atoms with Gasteiger partial charge in [-0.25, -0.2) is 0 Å². The van der Waals surface area contributed by atoms with Crippen molar-refractivity contribution in [3.05, 3.63) is 29.6 Å². The average Bonchev–Trinajstić information content (AvgIpc) is 3.08. The lowest BCUT2D eigenvalue weighted by Crippen LogP contribution is -2.46. The molecule has 2 fully saturated rings. The van der Waals surface area contributed by atoms with Crippen LogP contribution in [0.4, 0.5) is 0 Å². The normalized spacial score (nSPS) is 26.9. The first-order valence-corrected chi connectivity index (χ1v) is 7.22. The summed E-state index contributed by atoms with van der Waals surface area (Å²) in [6.07, 6.45) is 8.15. The third-order valence-corrected chi connectivity index (χ3v) is 4.24. The summed E-state index contributed by atoms with van der Waals surface area (Å²) >= 11 is 0. The molecule has 1 N–H and O–H groups in total. The number of carbonyl (C=O) groups excluding carboxylic acids is 1. The van der Waals surface area contributed by atoms with E-state index >= 15 is 0 Å². The average molecular weight is 259 g/mol. The lowest BCUT2D eigenvalue weighted by molar-refractivity contribution is 0.0711. The van der Waals surface area contributed by atoms with E-state index in [1.54, 1.807) is 12.4 Å². The smallest absolute Gasteiger partial charge is 0.255 e. The molecule has 2 unspecified atom stereocenters. The Balaban J connectivity index is 1.78. The van der Waals surface area contributed by atoms with Crippen molar-refractivity contribution in [2.45, 2.75) is 44.7 Å². The fourth-order valence-electron chi connectivity index (χ4n) is 3.34. The minimum Gasteiger partial charge on any atom is -0.334 e. The third-order valence-electron chi connectivity index (χ3n) is 4.24. The van der Waals surface area contributed by atoms with Gasteiger partial charge in [0.2, 0.25) is 0 Å². The molecule has 0 aliphatic carbocycles. The van der Waals surface area contributed by atoms with Crippen LogP contribution in [0.5, 0.6) is 0 Å². The molecule has 4 nitrogen and oxygen atoms in total. The Labute approximate surface area is 114 Å². The van der Waals surface area contributed by atoms with Gasteiger partial charge in [0.25, 0.3) is 5.91 Å². The maximum atomic E-state index is 12.6. The van der Waals surface area contributed by atoms with Crippen LogP contribution in [-0.2, 0) is 0 Å². The zero-order valence-corrected chi connectivity index (χ0v) is 11.4. The van der Waals surface area contributed by atoms with Crippen molar-refractivity contribution in [1.29, 1.82) is 0 Å². The summed E-state index contributed by atoms with van der Waals surface area (Å²) in [7, 11) is 0. The van der Waals surface area contributed by atoms with Crippen molar-refractivity contribution in [3.63, 3.8) is 0 Å². The minimum absolute atomic E-state index is 0.146. The van der Waals surface area contributed by atoms with Crippen LogP contribution in [0.2, 0.25) is 0 Å². The van der Waals surface area contributed by atoms with Crippen molar-refractivity contribution in [3.8, 4) is 0 Å². The van der Waals surface area contributed by atoms with Crippen molar-refractivity contribution in [1.82, 2.24) is 15.2 Å². The summed E-state index contributed by atoms with van der Waals surface area (Å²) in [6, 6.07) is 2.80. The Bertz CT molecular complexity index is 468. The number of carbonyl (C=O) groups is 1.